The summed E-state index contributed by atoms with van der Waals surface area (Å²) in [6.45, 7) is 5.50. The number of carbonyl (C=O) groups excluding carboxylic acids is 1. The van der Waals surface area contributed by atoms with Crippen LogP contribution in [-0.2, 0) is 27.9 Å². The van der Waals surface area contributed by atoms with Gasteiger partial charge in [-0.2, -0.15) is 0 Å². The minimum absolute atomic E-state index is 0.0833. The molecule has 360 valence electrons. The number of ether oxygens (including phenoxy) is 2. The second-order valence-corrected chi connectivity index (χ2v) is 19.3. The Morgan fingerprint density at radius 3 is 1.40 bits per heavy atom. The largest absolute Gasteiger partial charge is 0.472 e. The Morgan fingerprint density at radius 1 is 0.516 bits per heavy atom. The summed E-state index contributed by atoms with van der Waals surface area (Å²) in [4.78, 5) is 23.0. The van der Waals surface area contributed by atoms with Gasteiger partial charge in [-0.15, -0.1) is 0 Å². The lowest BCUT2D eigenvalue weighted by Gasteiger charge is -2.24. The second kappa shape index (κ2) is 45.5. The molecule has 0 heterocycles. The predicted octanol–water partition coefficient (Wildman–Crippen LogP) is 15.4. The van der Waals surface area contributed by atoms with Gasteiger partial charge in [0.1, 0.15) is 19.3 Å². The molecule has 0 aromatic heterocycles. The zero-order valence-electron chi connectivity index (χ0n) is 40.8. The molecule has 0 saturated heterocycles. The van der Waals surface area contributed by atoms with Crippen LogP contribution in [0.25, 0.3) is 0 Å². The average Bonchev–Trinajstić information content (AvgIpc) is 3.23. The zero-order valence-corrected chi connectivity index (χ0v) is 41.7. The molecule has 0 aliphatic rings. The van der Waals surface area contributed by atoms with Crippen molar-refractivity contribution in [2.24, 2.45) is 0 Å². The Balaban J connectivity index is 4.19. The lowest BCUT2D eigenvalue weighted by molar-refractivity contribution is -0.870. The van der Waals surface area contributed by atoms with Crippen molar-refractivity contribution >= 4 is 13.8 Å². The van der Waals surface area contributed by atoms with Gasteiger partial charge in [-0.05, 0) is 64.2 Å². The molecule has 8 nitrogen and oxygen atoms in total. The van der Waals surface area contributed by atoms with Gasteiger partial charge >= 0.3 is 13.8 Å². The number of unbranched alkanes of at least 4 members (excludes halogenated alkanes) is 20. The third-order valence-electron chi connectivity index (χ3n) is 10.5. The summed E-state index contributed by atoms with van der Waals surface area (Å²) in [5.41, 5.74) is 0. The highest BCUT2D eigenvalue weighted by molar-refractivity contribution is 7.47. The molecule has 0 radical (unpaired) electrons. The Hall–Kier alpha value is -2.06. The lowest BCUT2D eigenvalue weighted by Crippen LogP contribution is -2.37. The summed E-state index contributed by atoms with van der Waals surface area (Å²) in [6.07, 6.45) is 59.4. The monoisotopic (exact) mass is 891 g/mol. The van der Waals surface area contributed by atoms with Gasteiger partial charge < -0.3 is 18.9 Å². The fraction of sp³-hybridized carbons (Fsp3) is 0.755. The van der Waals surface area contributed by atoms with Gasteiger partial charge in [0.05, 0.1) is 34.4 Å². The zero-order chi connectivity index (χ0) is 45.5. The molecule has 2 atom stereocenters. The molecule has 0 aliphatic carbocycles. The molecular weight excluding hydrogens is 794 g/mol. The van der Waals surface area contributed by atoms with E-state index in [1.54, 1.807) is 0 Å². The fourth-order valence-corrected chi connectivity index (χ4v) is 7.42. The number of carbonyl (C=O) groups is 1. The Bertz CT molecular complexity index is 1220. The van der Waals surface area contributed by atoms with Crippen molar-refractivity contribution < 1.29 is 37.3 Å². The summed E-state index contributed by atoms with van der Waals surface area (Å²) >= 11 is 0. The van der Waals surface area contributed by atoms with Gasteiger partial charge in [0.2, 0.25) is 0 Å². The topological polar surface area (TPSA) is 91.3 Å². The van der Waals surface area contributed by atoms with E-state index in [9.17, 15) is 14.3 Å². The minimum Gasteiger partial charge on any atom is -0.457 e. The van der Waals surface area contributed by atoms with Crippen molar-refractivity contribution in [3.05, 3.63) is 72.9 Å². The average molecular weight is 891 g/mol. The van der Waals surface area contributed by atoms with E-state index in [0.29, 0.717) is 24.1 Å². The second-order valence-electron chi connectivity index (χ2n) is 17.8. The first kappa shape index (κ1) is 59.9. The maximum absolute atomic E-state index is 12.8. The number of phosphoric ester groups is 1. The number of hydrogen-bond acceptors (Lipinski definition) is 6. The van der Waals surface area contributed by atoms with Crippen LogP contribution in [0.2, 0.25) is 0 Å². The van der Waals surface area contributed by atoms with Gasteiger partial charge in [-0.25, -0.2) is 4.57 Å². The summed E-state index contributed by atoms with van der Waals surface area (Å²) in [5.74, 6) is -0.328. The molecular formula is C53H97NO7P+. The van der Waals surface area contributed by atoms with Gasteiger partial charge in [0.25, 0.3) is 0 Å². The lowest BCUT2D eigenvalue weighted by atomic mass is 10.0. The van der Waals surface area contributed by atoms with Crippen LogP contribution in [0.15, 0.2) is 72.9 Å². The highest BCUT2D eigenvalue weighted by atomic mass is 31.2. The van der Waals surface area contributed by atoms with Crippen LogP contribution in [0.1, 0.15) is 200 Å². The number of allylic oxidation sites excluding steroid dienone is 12. The Labute approximate surface area is 383 Å². The van der Waals surface area contributed by atoms with Crippen LogP contribution in [0, 0.1) is 0 Å². The van der Waals surface area contributed by atoms with Crippen molar-refractivity contribution in [2.45, 2.75) is 206 Å². The number of rotatable bonds is 46. The van der Waals surface area contributed by atoms with Crippen LogP contribution in [0.4, 0.5) is 0 Å². The Kier molecular flexibility index (Phi) is 44.0. The standard InChI is InChI=1S/C53H96NO7P/c1-6-8-10-12-14-16-18-20-22-23-24-25-26-27-28-29-30-31-32-34-36-38-40-42-44-46-53(55)61-52(51-60-62(56,57)59-49-47-54(3,4)5)50-58-48-45-43-41-39-37-35-33-21-19-17-15-13-11-9-7-2/h8,10,14,16,20,22,24-25,27-28,30-31,52H,6-7,9,11-13,15,17-19,21,23,26,29,32-51H2,1-5H3/p+1/b10-8-,16-14-,22-20-,25-24-,28-27-,31-30-. The molecule has 0 aromatic rings. The van der Waals surface area contributed by atoms with E-state index >= 15 is 0 Å². The van der Waals surface area contributed by atoms with E-state index in [1.807, 2.05) is 21.1 Å². The van der Waals surface area contributed by atoms with E-state index in [-0.39, 0.29) is 25.8 Å². The molecule has 0 saturated carbocycles. The van der Waals surface area contributed by atoms with Gasteiger partial charge in [0, 0.05) is 13.0 Å². The molecule has 0 aliphatic heterocycles. The van der Waals surface area contributed by atoms with Gasteiger partial charge in [0.15, 0.2) is 0 Å². The number of nitrogens with zero attached hydrogens (tertiary/aromatic N) is 1. The first-order valence-corrected chi connectivity index (χ1v) is 26.7. The number of hydrogen-bond donors (Lipinski definition) is 1. The van der Waals surface area contributed by atoms with Crippen LogP contribution < -0.4 is 0 Å². The molecule has 2 unspecified atom stereocenters. The van der Waals surface area contributed by atoms with E-state index in [4.69, 9.17) is 18.5 Å². The van der Waals surface area contributed by atoms with Crippen molar-refractivity contribution in [1.82, 2.24) is 0 Å². The maximum atomic E-state index is 12.8. The van der Waals surface area contributed by atoms with Crippen LogP contribution in [0.5, 0.6) is 0 Å². The van der Waals surface area contributed by atoms with Crippen molar-refractivity contribution in [3.63, 3.8) is 0 Å². The fourth-order valence-electron chi connectivity index (χ4n) is 6.67. The van der Waals surface area contributed by atoms with Crippen LogP contribution in [0.3, 0.4) is 0 Å². The molecule has 0 rings (SSSR count). The molecule has 1 N–H and O–H groups in total. The van der Waals surface area contributed by atoms with Crippen LogP contribution >= 0.6 is 7.82 Å². The molecule has 9 heteroatoms. The maximum Gasteiger partial charge on any atom is 0.472 e. The van der Waals surface area contributed by atoms with Crippen molar-refractivity contribution in [1.29, 1.82) is 0 Å². The normalized spacial score (nSPS) is 14.2. The Morgan fingerprint density at radius 2 is 0.935 bits per heavy atom. The van der Waals surface area contributed by atoms with E-state index < -0.39 is 13.9 Å². The van der Waals surface area contributed by atoms with Crippen LogP contribution in [-0.4, -0.2) is 75.6 Å². The molecule has 0 fully saturated rings. The van der Waals surface area contributed by atoms with E-state index in [2.05, 4.69) is 86.8 Å². The molecule has 0 spiro atoms. The third kappa shape index (κ3) is 49.0. The third-order valence-corrected chi connectivity index (χ3v) is 11.5. The van der Waals surface area contributed by atoms with Crippen molar-refractivity contribution in [3.8, 4) is 0 Å². The number of likely N-dealkylation sites (N-methyl/N-ethyl adjacent to an activating group) is 1. The summed E-state index contributed by atoms with van der Waals surface area (Å²) in [7, 11) is 1.65. The predicted molar refractivity (Wildman–Crippen MR) is 265 cm³/mol. The first-order chi connectivity index (χ1) is 30.1. The highest BCUT2D eigenvalue weighted by Crippen LogP contribution is 2.43. The molecule has 0 aromatic carbocycles. The van der Waals surface area contributed by atoms with Gasteiger partial charge in [-0.3, -0.25) is 13.8 Å². The number of quaternary nitrogens is 1. The first-order valence-electron chi connectivity index (χ1n) is 25.2. The van der Waals surface area contributed by atoms with E-state index in [0.717, 1.165) is 83.5 Å². The number of phosphoric acid groups is 1. The molecule has 0 amide bonds. The minimum atomic E-state index is -4.29. The highest BCUT2D eigenvalue weighted by Gasteiger charge is 2.26. The summed E-state index contributed by atoms with van der Waals surface area (Å²) in [5, 5.41) is 0. The van der Waals surface area contributed by atoms with Crippen molar-refractivity contribution in [2.75, 3.05) is 54.1 Å². The quantitative estimate of drug-likeness (QED) is 0.0214. The summed E-state index contributed by atoms with van der Waals surface area (Å²) < 4.78 is 35.1. The number of esters is 1. The smallest absolute Gasteiger partial charge is 0.457 e. The molecule has 0 bridgehead atoms. The molecule has 62 heavy (non-hydrogen) atoms. The summed E-state index contributed by atoms with van der Waals surface area (Å²) in [6, 6.07) is 0. The van der Waals surface area contributed by atoms with E-state index in [1.165, 1.54) is 96.3 Å². The van der Waals surface area contributed by atoms with Gasteiger partial charge in [-0.1, -0.05) is 202 Å². The SMILES string of the molecule is CC/C=C\C/C=C\C/C=C\C/C=C\C/C=C\C/C=C\CCCCCCCCC(=O)OC(COCCCCCCCCCCCCCCCCC)COP(=O)(O)OCC[N+](C)(C)C.